The highest BCUT2D eigenvalue weighted by Gasteiger charge is 2.28. The Morgan fingerprint density at radius 3 is 2.11 bits per heavy atom. The van der Waals surface area contributed by atoms with Crippen molar-refractivity contribution in [2.45, 2.75) is 11.8 Å². The first-order valence-corrected chi connectivity index (χ1v) is 13.4. The first-order valence-electron chi connectivity index (χ1n) is 12.3. The summed E-state index contributed by atoms with van der Waals surface area (Å²) >= 11 is 1.60. The molecule has 2 N–H and O–H groups in total. The van der Waals surface area contributed by atoms with Gasteiger partial charge in [-0.05, 0) is 57.6 Å². The molecule has 0 unspecified atom stereocenters. The molecule has 190 valence electrons. The molecule has 1 aliphatic rings. The van der Waals surface area contributed by atoms with Gasteiger partial charge in [-0.25, -0.2) is 5.43 Å². The van der Waals surface area contributed by atoms with Gasteiger partial charge in [0.15, 0.2) is 6.61 Å². The molecule has 1 aliphatic carbocycles. The van der Waals surface area contributed by atoms with Crippen LogP contribution in [0.3, 0.4) is 0 Å². The van der Waals surface area contributed by atoms with Crippen molar-refractivity contribution in [3.05, 3.63) is 125 Å². The number of carbonyl (C=O) groups excluding carboxylic acids is 2. The topological polar surface area (TPSA) is 79.8 Å². The monoisotopic (exact) mass is 521 g/mol. The van der Waals surface area contributed by atoms with E-state index in [0.29, 0.717) is 18.0 Å². The van der Waals surface area contributed by atoms with Crippen LogP contribution in [0.5, 0.6) is 5.75 Å². The van der Waals surface area contributed by atoms with Crippen LogP contribution in [-0.2, 0) is 16.1 Å². The predicted octanol–water partition coefficient (Wildman–Crippen LogP) is 5.34. The van der Waals surface area contributed by atoms with Gasteiger partial charge in [-0.2, -0.15) is 5.10 Å². The minimum absolute atomic E-state index is 0.0655. The number of rotatable bonds is 10. The van der Waals surface area contributed by atoms with Gasteiger partial charge in [0.05, 0.1) is 17.2 Å². The fraction of sp³-hybridized carbons (Fsp3) is 0.129. The Kier molecular flexibility index (Phi) is 8.16. The fourth-order valence-electron chi connectivity index (χ4n) is 4.31. The highest BCUT2D eigenvalue weighted by Crippen LogP contribution is 2.49. The Morgan fingerprint density at radius 1 is 0.789 bits per heavy atom. The Bertz CT molecular complexity index is 1390. The number of benzene rings is 4. The van der Waals surface area contributed by atoms with E-state index in [2.05, 4.69) is 40.1 Å². The molecule has 0 bridgehead atoms. The second-order valence-corrected chi connectivity index (χ2v) is 9.87. The van der Waals surface area contributed by atoms with Gasteiger partial charge < -0.3 is 10.1 Å². The lowest BCUT2D eigenvalue weighted by Gasteiger charge is -2.12. The van der Waals surface area contributed by atoms with E-state index in [4.69, 9.17) is 4.74 Å². The van der Waals surface area contributed by atoms with Gasteiger partial charge in [0.1, 0.15) is 5.75 Å². The van der Waals surface area contributed by atoms with E-state index in [0.717, 1.165) is 11.1 Å². The highest BCUT2D eigenvalue weighted by atomic mass is 32.2. The molecule has 0 aromatic heterocycles. The summed E-state index contributed by atoms with van der Waals surface area (Å²) in [7, 11) is 0. The lowest BCUT2D eigenvalue weighted by atomic mass is 10.1. The van der Waals surface area contributed by atoms with Crippen LogP contribution < -0.4 is 15.5 Å². The van der Waals surface area contributed by atoms with E-state index >= 15 is 0 Å². The normalized spacial score (nSPS) is 12.1. The van der Waals surface area contributed by atoms with Crippen molar-refractivity contribution in [2.75, 3.05) is 12.4 Å². The molecule has 0 saturated heterocycles. The number of nitrogens with one attached hydrogen (secondary N) is 2. The molecule has 4 aromatic carbocycles. The Morgan fingerprint density at radius 2 is 1.42 bits per heavy atom. The van der Waals surface area contributed by atoms with E-state index in [1.165, 1.54) is 22.3 Å². The summed E-state index contributed by atoms with van der Waals surface area (Å²) in [5.74, 6) is 0.526. The van der Waals surface area contributed by atoms with Crippen LogP contribution in [0.1, 0.15) is 27.5 Å². The van der Waals surface area contributed by atoms with Crippen LogP contribution in [0.4, 0.5) is 0 Å². The number of hydrazone groups is 1. The van der Waals surface area contributed by atoms with Crippen LogP contribution in [0.2, 0.25) is 0 Å². The maximum absolute atomic E-state index is 12.5. The number of hydrogen-bond acceptors (Lipinski definition) is 5. The van der Waals surface area contributed by atoms with Gasteiger partial charge in [0.2, 0.25) is 5.91 Å². The lowest BCUT2D eigenvalue weighted by Crippen LogP contribution is -2.28. The van der Waals surface area contributed by atoms with Gasteiger partial charge in [0, 0.05) is 6.54 Å². The van der Waals surface area contributed by atoms with Crippen molar-refractivity contribution in [2.24, 2.45) is 5.10 Å². The van der Waals surface area contributed by atoms with Crippen molar-refractivity contribution < 1.29 is 14.3 Å². The van der Waals surface area contributed by atoms with Crippen LogP contribution in [0, 0.1) is 0 Å². The Hall–Kier alpha value is -4.36. The predicted molar refractivity (Wildman–Crippen MR) is 152 cm³/mol. The largest absolute Gasteiger partial charge is 0.484 e. The SMILES string of the molecule is O=C(COc1ccc(C=NNC(=O)CSC2c3ccccc3-c3ccccc32)cc1)NCc1ccccc1. The Balaban J connectivity index is 1.06. The summed E-state index contributed by atoms with van der Waals surface area (Å²) in [6.45, 7) is 0.397. The summed E-state index contributed by atoms with van der Waals surface area (Å²) in [5, 5.41) is 7.05. The molecule has 0 saturated carbocycles. The molecule has 5 rings (SSSR count). The molecule has 6 nitrogen and oxygen atoms in total. The smallest absolute Gasteiger partial charge is 0.258 e. The van der Waals surface area contributed by atoms with E-state index in [9.17, 15) is 9.59 Å². The standard InChI is InChI=1S/C31H27N3O3S/c35-29(32-18-22-8-2-1-3-9-22)20-37-24-16-14-23(15-17-24)19-33-34-30(36)21-38-31-27-12-6-4-10-25(27)26-11-5-7-13-28(26)31/h1-17,19,31H,18,20-21H2,(H,32,35)(H,34,36). The molecule has 2 amide bonds. The Labute approximate surface area is 226 Å². The number of ether oxygens (including phenoxy) is 1. The molecular weight excluding hydrogens is 494 g/mol. The molecule has 38 heavy (non-hydrogen) atoms. The third-order valence-electron chi connectivity index (χ3n) is 6.14. The van der Waals surface area contributed by atoms with Gasteiger partial charge in [-0.1, -0.05) is 78.9 Å². The summed E-state index contributed by atoms with van der Waals surface area (Å²) in [4.78, 5) is 24.5. The van der Waals surface area contributed by atoms with Crippen molar-refractivity contribution in [3.8, 4) is 16.9 Å². The molecule has 0 spiro atoms. The fourth-order valence-corrected chi connectivity index (χ4v) is 5.46. The zero-order valence-corrected chi connectivity index (χ0v) is 21.5. The highest BCUT2D eigenvalue weighted by molar-refractivity contribution is 8.00. The minimum atomic E-state index is -0.190. The molecule has 0 radical (unpaired) electrons. The van der Waals surface area contributed by atoms with E-state index in [1.54, 1.807) is 30.1 Å². The quantitative estimate of drug-likeness (QED) is 0.218. The van der Waals surface area contributed by atoms with Gasteiger partial charge in [-0.15, -0.1) is 11.8 Å². The van der Waals surface area contributed by atoms with Crippen LogP contribution in [0.25, 0.3) is 11.1 Å². The van der Waals surface area contributed by atoms with Crippen molar-refractivity contribution in [3.63, 3.8) is 0 Å². The number of amides is 2. The number of nitrogens with zero attached hydrogens (tertiary/aromatic N) is 1. The van der Waals surface area contributed by atoms with E-state index < -0.39 is 0 Å². The van der Waals surface area contributed by atoms with Gasteiger partial charge in [-0.3, -0.25) is 9.59 Å². The number of carbonyl (C=O) groups is 2. The number of thioether (sulfide) groups is 1. The first-order chi connectivity index (χ1) is 18.7. The molecule has 0 heterocycles. The van der Waals surface area contributed by atoms with Crippen molar-refractivity contribution in [1.29, 1.82) is 0 Å². The number of hydrogen-bond donors (Lipinski definition) is 2. The zero-order valence-electron chi connectivity index (χ0n) is 20.7. The lowest BCUT2D eigenvalue weighted by molar-refractivity contribution is -0.123. The minimum Gasteiger partial charge on any atom is -0.484 e. The second kappa shape index (κ2) is 12.3. The molecule has 0 fully saturated rings. The van der Waals surface area contributed by atoms with Crippen LogP contribution in [0.15, 0.2) is 108 Å². The summed E-state index contributed by atoms with van der Waals surface area (Å²) in [5.41, 5.74) is 9.40. The van der Waals surface area contributed by atoms with Crippen LogP contribution in [-0.4, -0.2) is 30.4 Å². The summed E-state index contributed by atoms with van der Waals surface area (Å²) < 4.78 is 5.56. The maximum atomic E-state index is 12.5. The van der Waals surface area contributed by atoms with Crippen molar-refractivity contribution >= 4 is 29.8 Å². The second-order valence-electron chi connectivity index (χ2n) is 8.78. The average molecular weight is 522 g/mol. The maximum Gasteiger partial charge on any atom is 0.258 e. The third-order valence-corrected chi connectivity index (χ3v) is 7.41. The molecule has 0 atom stereocenters. The molecule has 0 aliphatic heterocycles. The molecule has 7 heteroatoms. The zero-order chi connectivity index (χ0) is 26.2. The third kappa shape index (κ3) is 6.30. The molecular formula is C31H27N3O3S. The van der Waals surface area contributed by atoms with E-state index in [1.807, 2.05) is 66.7 Å². The van der Waals surface area contributed by atoms with Gasteiger partial charge in [0.25, 0.3) is 5.91 Å². The summed E-state index contributed by atoms with van der Waals surface area (Å²) in [6, 6.07) is 33.6. The van der Waals surface area contributed by atoms with Crippen LogP contribution >= 0.6 is 11.8 Å². The first kappa shape index (κ1) is 25.3. The average Bonchev–Trinajstić information content (AvgIpc) is 3.29. The summed E-state index contributed by atoms with van der Waals surface area (Å²) in [6.07, 6.45) is 1.58. The van der Waals surface area contributed by atoms with E-state index in [-0.39, 0.29) is 23.7 Å². The molecule has 4 aromatic rings. The van der Waals surface area contributed by atoms with Crippen molar-refractivity contribution in [1.82, 2.24) is 10.7 Å². The van der Waals surface area contributed by atoms with Gasteiger partial charge >= 0.3 is 0 Å². The number of fused-ring (bicyclic) bond motifs is 3.